The summed E-state index contributed by atoms with van der Waals surface area (Å²) in [7, 11) is 0. The lowest BCUT2D eigenvalue weighted by Gasteiger charge is -2.34. The van der Waals surface area contributed by atoms with Crippen molar-refractivity contribution >= 4 is 81.4 Å². The van der Waals surface area contributed by atoms with Gasteiger partial charge >= 0.3 is 0 Å². The number of hydrogen-bond donors (Lipinski definition) is 0. The van der Waals surface area contributed by atoms with Crippen LogP contribution in [0.1, 0.15) is 0 Å². The minimum atomic E-state index is -1.88. The van der Waals surface area contributed by atoms with Gasteiger partial charge in [-0.05, 0) is 0 Å². The highest BCUT2D eigenvalue weighted by Crippen LogP contribution is 2.77. The summed E-state index contributed by atoms with van der Waals surface area (Å²) in [6.45, 7) is 3.55. The smallest absolute Gasteiger partial charge is 0.235 e. The molecule has 0 aromatic rings. The molecule has 4 unspecified atom stereocenters. The summed E-state index contributed by atoms with van der Waals surface area (Å²) < 4.78 is -1.88. The molecule has 0 aromatic carbocycles. The van der Waals surface area contributed by atoms with Crippen molar-refractivity contribution in [1.29, 1.82) is 0 Å². The maximum absolute atomic E-state index is 12.5. The molecule has 2 aliphatic carbocycles. The molecular formula is C12H7Cl6NO2. The van der Waals surface area contributed by atoms with E-state index in [4.69, 9.17) is 69.6 Å². The van der Waals surface area contributed by atoms with Crippen LogP contribution < -0.4 is 0 Å². The topological polar surface area (TPSA) is 37.4 Å². The fraction of sp³-hybridized carbons (Fsp3) is 0.500. The number of nitrogens with zero attached hydrogens (tertiary/aromatic N) is 1. The molecule has 21 heavy (non-hydrogen) atoms. The molecule has 1 aliphatic heterocycles. The van der Waals surface area contributed by atoms with Crippen molar-refractivity contribution in [3.05, 3.63) is 22.7 Å². The van der Waals surface area contributed by atoms with Crippen molar-refractivity contribution in [3.63, 3.8) is 0 Å². The molecule has 114 valence electrons. The number of carbonyl (C=O) groups excluding carboxylic acids is 2. The molecule has 2 bridgehead atoms. The van der Waals surface area contributed by atoms with Crippen LogP contribution in [0.5, 0.6) is 0 Å². The Hall–Kier alpha value is 0.360. The van der Waals surface area contributed by atoms with Gasteiger partial charge in [0, 0.05) is 6.54 Å². The normalized spacial score (nSPS) is 43.8. The molecule has 0 aromatic heterocycles. The lowest BCUT2D eigenvalue weighted by molar-refractivity contribution is -0.139. The fourth-order valence-electron chi connectivity index (χ4n) is 3.36. The minimum absolute atomic E-state index is 0.0391. The van der Waals surface area contributed by atoms with Crippen LogP contribution in [0, 0.1) is 11.8 Å². The summed E-state index contributed by atoms with van der Waals surface area (Å²) in [5.41, 5.74) is 0. The van der Waals surface area contributed by atoms with Gasteiger partial charge in [-0.25, -0.2) is 0 Å². The minimum Gasteiger partial charge on any atom is -0.278 e. The van der Waals surface area contributed by atoms with Crippen molar-refractivity contribution in [1.82, 2.24) is 4.90 Å². The third-order valence-corrected chi connectivity index (χ3v) is 8.57. The second-order valence-electron chi connectivity index (χ2n) is 5.16. The van der Waals surface area contributed by atoms with Gasteiger partial charge in [-0.15, -0.1) is 29.8 Å². The molecule has 1 saturated heterocycles. The van der Waals surface area contributed by atoms with Gasteiger partial charge in [0.2, 0.25) is 11.8 Å². The van der Waals surface area contributed by atoms with Gasteiger partial charge in [0.15, 0.2) is 4.33 Å². The molecule has 1 saturated carbocycles. The second kappa shape index (κ2) is 4.46. The maximum atomic E-state index is 12.5. The van der Waals surface area contributed by atoms with Crippen molar-refractivity contribution < 1.29 is 9.59 Å². The zero-order chi connectivity index (χ0) is 16.0. The Kier molecular flexibility index (Phi) is 3.45. The van der Waals surface area contributed by atoms with Gasteiger partial charge < -0.3 is 0 Å². The summed E-state index contributed by atoms with van der Waals surface area (Å²) in [5.74, 6) is -3.19. The van der Waals surface area contributed by atoms with Crippen LogP contribution >= 0.6 is 69.6 Å². The van der Waals surface area contributed by atoms with Crippen LogP contribution in [0.4, 0.5) is 0 Å². The summed E-state index contributed by atoms with van der Waals surface area (Å²) >= 11 is 37.9. The van der Waals surface area contributed by atoms with Crippen LogP contribution in [0.3, 0.4) is 0 Å². The van der Waals surface area contributed by atoms with E-state index in [9.17, 15) is 9.59 Å². The number of hydrogen-bond acceptors (Lipinski definition) is 2. The maximum Gasteiger partial charge on any atom is 0.235 e. The van der Waals surface area contributed by atoms with Crippen LogP contribution in [0.15, 0.2) is 22.7 Å². The Morgan fingerprint density at radius 1 is 1.00 bits per heavy atom. The lowest BCUT2D eigenvalue weighted by atomic mass is 9.84. The van der Waals surface area contributed by atoms with E-state index in [-0.39, 0.29) is 16.6 Å². The molecule has 2 amide bonds. The van der Waals surface area contributed by atoms with Crippen LogP contribution in [-0.4, -0.2) is 37.3 Å². The number of alkyl halides is 4. The number of rotatable bonds is 2. The fourth-order valence-corrected chi connectivity index (χ4v) is 6.29. The molecule has 0 N–H and O–H groups in total. The molecule has 4 atom stereocenters. The summed E-state index contributed by atoms with van der Waals surface area (Å²) in [6, 6.07) is 0. The molecule has 0 radical (unpaired) electrons. The Balaban J connectivity index is 2.25. The Morgan fingerprint density at radius 3 is 1.71 bits per heavy atom. The quantitative estimate of drug-likeness (QED) is 0.397. The van der Waals surface area contributed by atoms with E-state index < -0.39 is 37.7 Å². The third-order valence-electron chi connectivity index (χ3n) is 4.31. The highest BCUT2D eigenvalue weighted by molar-refractivity contribution is 6.66. The number of imide groups is 1. The molecule has 0 spiro atoms. The van der Waals surface area contributed by atoms with Crippen molar-refractivity contribution in [2.45, 2.75) is 14.1 Å². The summed E-state index contributed by atoms with van der Waals surface area (Å²) in [5, 5.41) is -0.178. The predicted octanol–water partition coefficient (Wildman–Crippen LogP) is 3.62. The number of amides is 2. The van der Waals surface area contributed by atoms with Gasteiger partial charge in [0.25, 0.3) is 0 Å². The van der Waals surface area contributed by atoms with Gasteiger partial charge in [-0.1, -0.05) is 52.5 Å². The van der Waals surface area contributed by atoms with Crippen LogP contribution in [-0.2, 0) is 9.59 Å². The Morgan fingerprint density at radius 2 is 1.38 bits per heavy atom. The number of likely N-dealkylation sites (tertiary alicyclic amines) is 1. The predicted molar refractivity (Wildman–Crippen MR) is 84.2 cm³/mol. The number of carbonyl (C=O) groups is 2. The van der Waals surface area contributed by atoms with Crippen molar-refractivity contribution in [2.75, 3.05) is 6.54 Å². The number of halogens is 6. The van der Waals surface area contributed by atoms with E-state index in [2.05, 4.69) is 6.58 Å². The molecule has 3 nitrogen and oxygen atoms in total. The lowest BCUT2D eigenvalue weighted by Crippen LogP contribution is -2.50. The van der Waals surface area contributed by atoms with Crippen molar-refractivity contribution in [2.24, 2.45) is 11.8 Å². The molecule has 3 rings (SSSR count). The molecular weight excluding hydrogens is 403 g/mol. The average molecular weight is 410 g/mol. The average Bonchev–Trinajstić information content (AvgIpc) is 2.78. The van der Waals surface area contributed by atoms with Gasteiger partial charge in [-0.3, -0.25) is 14.5 Å². The SMILES string of the molecule is C=CCN1C(=O)C2C(C1=O)C1(Cl)C(Cl)=C(Cl)C2(Cl)C1(Cl)Cl. The highest BCUT2D eigenvalue weighted by atomic mass is 35.5. The van der Waals surface area contributed by atoms with Crippen LogP contribution in [0.2, 0.25) is 0 Å². The van der Waals surface area contributed by atoms with E-state index >= 15 is 0 Å². The van der Waals surface area contributed by atoms with E-state index in [1.54, 1.807) is 0 Å². The monoisotopic (exact) mass is 407 g/mol. The summed E-state index contributed by atoms with van der Waals surface area (Å²) in [4.78, 5) is 22.6. The highest BCUT2D eigenvalue weighted by Gasteiger charge is 2.87. The van der Waals surface area contributed by atoms with Crippen LogP contribution in [0.25, 0.3) is 0 Å². The first-order chi connectivity index (χ1) is 9.58. The van der Waals surface area contributed by atoms with E-state index in [0.717, 1.165) is 4.90 Å². The Labute approximate surface area is 150 Å². The standard InChI is InChI=1S/C12H7Cl6NO2/c1-2-3-19-8(20)4-5(9(19)21)11(16)7(14)6(13)10(4,15)12(11,17)18/h2,4-5H,1,3H2. The van der Waals surface area contributed by atoms with E-state index in [1.165, 1.54) is 6.08 Å². The molecule has 2 fully saturated rings. The number of allylic oxidation sites excluding steroid dienone is 2. The third kappa shape index (κ3) is 1.43. The molecule has 3 aliphatic rings. The zero-order valence-corrected chi connectivity index (χ0v) is 14.7. The van der Waals surface area contributed by atoms with E-state index in [1.807, 2.05) is 0 Å². The first kappa shape index (κ1) is 16.2. The second-order valence-corrected chi connectivity index (χ2v) is 8.43. The largest absolute Gasteiger partial charge is 0.278 e. The summed E-state index contributed by atoms with van der Waals surface area (Å²) in [6.07, 6.45) is 1.42. The Bertz CT molecular complexity index is 585. The van der Waals surface area contributed by atoms with Gasteiger partial charge in [-0.2, -0.15) is 0 Å². The van der Waals surface area contributed by atoms with E-state index in [0.29, 0.717) is 0 Å². The van der Waals surface area contributed by atoms with Gasteiger partial charge in [0.1, 0.15) is 9.75 Å². The first-order valence-electron chi connectivity index (χ1n) is 5.86. The van der Waals surface area contributed by atoms with Gasteiger partial charge in [0.05, 0.1) is 21.9 Å². The first-order valence-corrected chi connectivity index (χ1v) is 8.13. The number of fused-ring (bicyclic) bond motifs is 5. The zero-order valence-electron chi connectivity index (χ0n) is 10.2. The molecule has 1 heterocycles. The molecule has 9 heteroatoms. The van der Waals surface area contributed by atoms with Crippen molar-refractivity contribution in [3.8, 4) is 0 Å².